The molecule has 0 aliphatic carbocycles. The van der Waals surface area contributed by atoms with Crippen LogP contribution in [-0.4, -0.2) is 31.3 Å². The van der Waals surface area contributed by atoms with Crippen molar-refractivity contribution < 1.29 is 28.2 Å². The van der Waals surface area contributed by atoms with E-state index in [4.69, 9.17) is 4.74 Å². The van der Waals surface area contributed by atoms with Crippen molar-refractivity contribution in [3.05, 3.63) is 29.6 Å². The van der Waals surface area contributed by atoms with E-state index < -0.39 is 29.8 Å². The molecule has 0 spiro atoms. The molecule has 1 aromatic rings. The van der Waals surface area contributed by atoms with Gasteiger partial charge in [-0.25, -0.2) is 9.18 Å². The van der Waals surface area contributed by atoms with Crippen LogP contribution in [0.1, 0.15) is 23.7 Å². The van der Waals surface area contributed by atoms with Crippen LogP contribution < -0.4 is 4.74 Å². The van der Waals surface area contributed by atoms with E-state index in [-0.39, 0.29) is 17.9 Å². The Kier molecular flexibility index (Phi) is 5.17. The number of hydrogen-bond acceptors (Lipinski definition) is 5. The van der Waals surface area contributed by atoms with E-state index in [9.17, 15) is 18.8 Å². The number of ether oxygens (including phenoxy) is 2. The van der Waals surface area contributed by atoms with Crippen LogP contribution in [0.5, 0.6) is 5.75 Å². The van der Waals surface area contributed by atoms with Crippen LogP contribution in [0.2, 0.25) is 0 Å². The zero-order valence-corrected chi connectivity index (χ0v) is 10.6. The average Bonchev–Trinajstić information content (AvgIpc) is 2.38. The molecule has 0 aliphatic rings. The SMILES string of the molecule is CCOC(=O)C(=O)CC(=O)c1c(F)cccc1OC. The molecule has 5 nitrogen and oxygen atoms in total. The molecular formula is C13H13FO5. The van der Waals surface area contributed by atoms with E-state index in [1.165, 1.54) is 26.2 Å². The molecule has 0 unspecified atom stereocenters. The minimum absolute atomic E-state index is 0.0154. The molecule has 102 valence electrons. The van der Waals surface area contributed by atoms with Crippen molar-refractivity contribution in [3.8, 4) is 5.75 Å². The Hall–Kier alpha value is -2.24. The summed E-state index contributed by atoms with van der Waals surface area (Å²) in [5, 5.41) is 0. The summed E-state index contributed by atoms with van der Waals surface area (Å²) in [6.07, 6.45) is -0.754. The number of esters is 1. The number of rotatable bonds is 6. The summed E-state index contributed by atoms with van der Waals surface area (Å²) in [6.45, 7) is 1.56. The standard InChI is InChI=1S/C13H13FO5/c1-3-19-13(17)10(16)7-9(15)12-8(14)5-4-6-11(12)18-2/h4-6H,3,7H2,1-2H3. The number of hydrogen-bond donors (Lipinski definition) is 0. The summed E-state index contributed by atoms with van der Waals surface area (Å²) in [5.74, 6) is -3.74. The molecule has 0 N–H and O–H groups in total. The van der Waals surface area contributed by atoms with Crippen LogP contribution in [0.3, 0.4) is 0 Å². The van der Waals surface area contributed by atoms with Gasteiger partial charge in [-0.3, -0.25) is 9.59 Å². The Balaban J connectivity index is 2.90. The molecule has 0 bridgehead atoms. The lowest BCUT2D eigenvalue weighted by Gasteiger charge is -2.07. The van der Waals surface area contributed by atoms with E-state index in [2.05, 4.69) is 4.74 Å². The summed E-state index contributed by atoms with van der Waals surface area (Å²) in [5.41, 5.74) is -0.345. The lowest BCUT2D eigenvalue weighted by molar-refractivity contribution is -0.153. The van der Waals surface area contributed by atoms with E-state index in [1.54, 1.807) is 0 Å². The number of carbonyl (C=O) groups excluding carboxylic acids is 3. The smallest absolute Gasteiger partial charge is 0.375 e. The molecule has 0 amide bonds. The Morgan fingerprint density at radius 1 is 1.26 bits per heavy atom. The quantitative estimate of drug-likeness (QED) is 0.339. The summed E-state index contributed by atoms with van der Waals surface area (Å²) in [7, 11) is 1.28. The maximum absolute atomic E-state index is 13.6. The van der Waals surface area contributed by atoms with Crippen molar-refractivity contribution in [1.29, 1.82) is 0 Å². The predicted octanol–water partition coefficient (Wildman–Crippen LogP) is 1.54. The Bertz CT molecular complexity index is 510. The third-order valence-corrected chi connectivity index (χ3v) is 2.30. The largest absolute Gasteiger partial charge is 0.496 e. The van der Waals surface area contributed by atoms with E-state index in [0.29, 0.717) is 0 Å². The van der Waals surface area contributed by atoms with Crippen LogP contribution in [0.15, 0.2) is 18.2 Å². The summed E-state index contributed by atoms with van der Waals surface area (Å²) in [4.78, 5) is 34.3. The average molecular weight is 268 g/mol. The van der Waals surface area contributed by atoms with Gasteiger partial charge in [-0.05, 0) is 19.1 Å². The molecule has 0 saturated carbocycles. The summed E-state index contributed by atoms with van der Waals surface area (Å²) >= 11 is 0. The Morgan fingerprint density at radius 3 is 2.53 bits per heavy atom. The van der Waals surface area contributed by atoms with Gasteiger partial charge in [-0.2, -0.15) is 0 Å². The number of Topliss-reactive ketones (excluding diaryl/α,β-unsaturated/α-hetero) is 2. The number of halogens is 1. The first kappa shape index (κ1) is 14.8. The monoisotopic (exact) mass is 268 g/mol. The molecular weight excluding hydrogens is 255 g/mol. The predicted molar refractivity (Wildman–Crippen MR) is 63.5 cm³/mol. The maximum Gasteiger partial charge on any atom is 0.375 e. The van der Waals surface area contributed by atoms with Crippen LogP contribution >= 0.6 is 0 Å². The second kappa shape index (κ2) is 6.63. The van der Waals surface area contributed by atoms with Crippen molar-refractivity contribution in [2.75, 3.05) is 13.7 Å². The lowest BCUT2D eigenvalue weighted by atomic mass is 10.0. The highest BCUT2D eigenvalue weighted by Gasteiger charge is 2.24. The van der Waals surface area contributed by atoms with Crippen LogP contribution in [0, 0.1) is 5.82 Å². The minimum atomic E-state index is -1.11. The third-order valence-electron chi connectivity index (χ3n) is 2.30. The van der Waals surface area contributed by atoms with Gasteiger partial charge in [-0.15, -0.1) is 0 Å². The van der Waals surface area contributed by atoms with Gasteiger partial charge in [-0.1, -0.05) is 6.07 Å². The van der Waals surface area contributed by atoms with E-state index >= 15 is 0 Å². The second-order valence-corrected chi connectivity index (χ2v) is 3.56. The van der Waals surface area contributed by atoms with Gasteiger partial charge in [0.25, 0.3) is 0 Å². The van der Waals surface area contributed by atoms with Gasteiger partial charge >= 0.3 is 5.97 Å². The molecule has 0 fully saturated rings. The van der Waals surface area contributed by atoms with Crippen molar-refractivity contribution in [2.45, 2.75) is 13.3 Å². The Morgan fingerprint density at radius 2 is 1.95 bits per heavy atom. The molecule has 0 aromatic heterocycles. The fraction of sp³-hybridized carbons (Fsp3) is 0.308. The molecule has 6 heteroatoms. The number of ketones is 2. The zero-order chi connectivity index (χ0) is 14.4. The van der Waals surface area contributed by atoms with Crippen molar-refractivity contribution >= 4 is 17.5 Å². The van der Waals surface area contributed by atoms with Crippen LogP contribution in [-0.2, 0) is 14.3 Å². The van der Waals surface area contributed by atoms with Crippen molar-refractivity contribution in [2.24, 2.45) is 0 Å². The molecule has 0 heterocycles. The highest BCUT2D eigenvalue weighted by Crippen LogP contribution is 2.22. The van der Waals surface area contributed by atoms with E-state index in [0.717, 1.165) is 6.07 Å². The number of benzene rings is 1. The zero-order valence-electron chi connectivity index (χ0n) is 10.6. The topological polar surface area (TPSA) is 69.7 Å². The third kappa shape index (κ3) is 3.61. The molecule has 0 atom stereocenters. The Labute approximate surface area is 109 Å². The molecule has 0 radical (unpaired) electrons. The first-order chi connectivity index (χ1) is 9.01. The molecule has 1 aromatic carbocycles. The number of carbonyl (C=O) groups is 3. The van der Waals surface area contributed by atoms with Crippen LogP contribution in [0.4, 0.5) is 4.39 Å². The van der Waals surface area contributed by atoms with Gasteiger partial charge in [0.1, 0.15) is 11.6 Å². The normalized spacial score (nSPS) is 9.84. The maximum atomic E-state index is 13.6. The first-order valence-electron chi connectivity index (χ1n) is 5.56. The lowest BCUT2D eigenvalue weighted by Crippen LogP contribution is -2.21. The van der Waals surface area contributed by atoms with Gasteiger partial charge in [0.15, 0.2) is 5.78 Å². The summed E-state index contributed by atoms with van der Waals surface area (Å²) < 4.78 is 22.9. The van der Waals surface area contributed by atoms with Gasteiger partial charge in [0.2, 0.25) is 5.78 Å². The van der Waals surface area contributed by atoms with E-state index in [1.807, 2.05) is 0 Å². The fourth-order valence-corrected chi connectivity index (χ4v) is 1.46. The second-order valence-electron chi connectivity index (χ2n) is 3.56. The molecule has 0 saturated heterocycles. The summed E-state index contributed by atoms with van der Waals surface area (Å²) in [6, 6.07) is 3.84. The molecule has 1 rings (SSSR count). The van der Waals surface area contributed by atoms with Gasteiger partial charge in [0.05, 0.1) is 25.7 Å². The fourth-order valence-electron chi connectivity index (χ4n) is 1.46. The van der Waals surface area contributed by atoms with Gasteiger partial charge in [0, 0.05) is 0 Å². The molecule has 0 aliphatic heterocycles. The number of methoxy groups -OCH3 is 1. The first-order valence-corrected chi connectivity index (χ1v) is 5.56. The highest BCUT2D eigenvalue weighted by molar-refractivity contribution is 6.38. The van der Waals surface area contributed by atoms with Crippen LogP contribution in [0.25, 0.3) is 0 Å². The van der Waals surface area contributed by atoms with Gasteiger partial charge < -0.3 is 9.47 Å². The van der Waals surface area contributed by atoms with Crippen molar-refractivity contribution in [1.82, 2.24) is 0 Å². The van der Waals surface area contributed by atoms with Crippen molar-refractivity contribution in [3.63, 3.8) is 0 Å². The molecule has 19 heavy (non-hydrogen) atoms. The highest BCUT2D eigenvalue weighted by atomic mass is 19.1. The minimum Gasteiger partial charge on any atom is -0.496 e.